The van der Waals surface area contributed by atoms with E-state index in [1.165, 1.54) is 0 Å². The SMILES string of the molecule is NOCCOCC[O]. The summed E-state index contributed by atoms with van der Waals surface area (Å²) in [5.74, 6) is 4.65. The van der Waals surface area contributed by atoms with E-state index in [1.807, 2.05) is 0 Å². The molecule has 49 valence electrons. The summed E-state index contributed by atoms with van der Waals surface area (Å²) in [7, 11) is 0. The summed E-state index contributed by atoms with van der Waals surface area (Å²) in [6.07, 6.45) is 0. The molecule has 4 nitrogen and oxygen atoms in total. The summed E-state index contributed by atoms with van der Waals surface area (Å²) in [5, 5.41) is 9.70. The van der Waals surface area contributed by atoms with Gasteiger partial charge in [-0.15, -0.1) is 0 Å². The highest BCUT2D eigenvalue weighted by Crippen LogP contribution is 1.71. The molecule has 0 bridgehead atoms. The second kappa shape index (κ2) is 6.84. The molecule has 1 radical (unpaired) electrons. The molecule has 2 N–H and O–H groups in total. The van der Waals surface area contributed by atoms with Crippen molar-refractivity contribution in [3.63, 3.8) is 0 Å². The van der Waals surface area contributed by atoms with Crippen molar-refractivity contribution in [3.8, 4) is 0 Å². The van der Waals surface area contributed by atoms with Gasteiger partial charge in [0.1, 0.15) is 6.61 Å². The fourth-order valence-corrected chi connectivity index (χ4v) is 0.268. The molecule has 0 aromatic rings. The van der Waals surface area contributed by atoms with E-state index in [4.69, 9.17) is 4.74 Å². The molecule has 0 rings (SSSR count). The van der Waals surface area contributed by atoms with Gasteiger partial charge >= 0.3 is 0 Å². The fraction of sp³-hybridized carbons (Fsp3) is 1.00. The Morgan fingerprint density at radius 3 is 2.50 bits per heavy atom. The molecule has 4 heteroatoms. The second-order valence-corrected chi connectivity index (χ2v) is 1.19. The molecule has 0 unspecified atom stereocenters. The number of ether oxygens (including phenoxy) is 1. The Balaban J connectivity index is 2.53. The normalized spacial score (nSPS) is 9.75. The molecule has 0 saturated carbocycles. The number of hydrogen-bond donors (Lipinski definition) is 1. The Bertz CT molecular complexity index is 36.3. The summed E-state index contributed by atoms with van der Waals surface area (Å²) < 4.78 is 4.71. The topological polar surface area (TPSA) is 64.4 Å². The van der Waals surface area contributed by atoms with Crippen LogP contribution in [0.3, 0.4) is 0 Å². The van der Waals surface area contributed by atoms with E-state index in [0.29, 0.717) is 13.2 Å². The van der Waals surface area contributed by atoms with Gasteiger partial charge in [0, 0.05) is 0 Å². The molecular formula is C4H10NO3. The van der Waals surface area contributed by atoms with Gasteiger partial charge in [0.2, 0.25) is 0 Å². The lowest BCUT2D eigenvalue weighted by Gasteiger charge is -1.97. The van der Waals surface area contributed by atoms with Crippen molar-refractivity contribution in [2.24, 2.45) is 5.90 Å². The molecule has 0 aliphatic heterocycles. The number of hydrogen-bond acceptors (Lipinski definition) is 3. The minimum absolute atomic E-state index is 0.204. The summed E-state index contributed by atoms with van der Waals surface area (Å²) in [5.41, 5.74) is 0. The maximum absolute atomic E-state index is 9.70. The highest BCUT2D eigenvalue weighted by atomic mass is 16.6. The minimum atomic E-state index is -0.204. The third kappa shape index (κ3) is 5.84. The molecule has 0 spiro atoms. The van der Waals surface area contributed by atoms with Gasteiger partial charge in [-0.2, -0.15) is 0 Å². The van der Waals surface area contributed by atoms with Gasteiger partial charge in [0.15, 0.2) is 0 Å². The molecule has 0 atom stereocenters. The van der Waals surface area contributed by atoms with Crippen LogP contribution in [0, 0.1) is 0 Å². The van der Waals surface area contributed by atoms with Gasteiger partial charge in [0.25, 0.3) is 0 Å². The molecule has 0 saturated heterocycles. The fourth-order valence-electron chi connectivity index (χ4n) is 0.268. The van der Waals surface area contributed by atoms with Crippen molar-refractivity contribution < 1.29 is 14.7 Å². The third-order valence-corrected chi connectivity index (χ3v) is 0.573. The molecule has 0 amide bonds. The predicted octanol–water partition coefficient (Wildman–Crippen LogP) is -0.676. The van der Waals surface area contributed by atoms with Gasteiger partial charge in [-0.1, -0.05) is 0 Å². The van der Waals surface area contributed by atoms with Crippen LogP contribution in [-0.4, -0.2) is 26.4 Å². The summed E-state index contributed by atoms with van der Waals surface area (Å²) in [6.45, 7) is 0.784. The van der Waals surface area contributed by atoms with Gasteiger partial charge in [-0.05, 0) is 0 Å². The number of rotatable bonds is 5. The Kier molecular flexibility index (Phi) is 6.70. The monoisotopic (exact) mass is 120 g/mol. The summed E-state index contributed by atoms with van der Waals surface area (Å²) in [6, 6.07) is 0. The summed E-state index contributed by atoms with van der Waals surface area (Å²) >= 11 is 0. The van der Waals surface area contributed by atoms with Gasteiger partial charge in [-0.3, -0.25) is 0 Å². The predicted molar refractivity (Wildman–Crippen MR) is 26.5 cm³/mol. The van der Waals surface area contributed by atoms with E-state index >= 15 is 0 Å². The molecule has 0 aromatic heterocycles. The maximum Gasteiger partial charge on any atom is 0.106 e. The molecule has 0 heterocycles. The van der Waals surface area contributed by atoms with E-state index in [9.17, 15) is 5.11 Å². The first kappa shape index (κ1) is 7.84. The lowest BCUT2D eigenvalue weighted by atomic mass is 10.7. The second-order valence-electron chi connectivity index (χ2n) is 1.19. The van der Waals surface area contributed by atoms with E-state index in [2.05, 4.69) is 10.7 Å². The smallest absolute Gasteiger partial charge is 0.106 e. The Morgan fingerprint density at radius 2 is 2.00 bits per heavy atom. The first-order valence-corrected chi connectivity index (χ1v) is 2.39. The zero-order valence-electron chi connectivity index (χ0n) is 4.63. The average Bonchev–Trinajstić information content (AvgIpc) is 1.81. The first-order valence-electron chi connectivity index (χ1n) is 2.39. The Labute approximate surface area is 48.1 Å². The molecule has 0 fully saturated rings. The van der Waals surface area contributed by atoms with Gasteiger partial charge in [0.05, 0.1) is 19.8 Å². The van der Waals surface area contributed by atoms with Gasteiger partial charge < -0.3 is 9.57 Å². The van der Waals surface area contributed by atoms with E-state index < -0.39 is 0 Å². The standard InChI is InChI=1S/C4H10NO3/c5-8-4-3-7-2-1-6/h1-5H2. The van der Waals surface area contributed by atoms with Crippen LogP contribution in [0.2, 0.25) is 0 Å². The highest BCUT2D eigenvalue weighted by molar-refractivity contribution is 4.25. The van der Waals surface area contributed by atoms with Crippen LogP contribution in [0.4, 0.5) is 0 Å². The zero-order valence-corrected chi connectivity index (χ0v) is 4.63. The van der Waals surface area contributed by atoms with Crippen LogP contribution < -0.4 is 5.90 Å². The Morgan fingerprint density at radius 1 is 1.25 bits per heavy atom. The van der Waals surface area contributed by atoms with Crippen LogP contribution in [0.1, 0.15) is 0 Å². The third-order valence-electron chi connectivity index (χ3n) is 0.573. The zero-order chi connectivity index (χ0) is 6.24. The van der Waals surface area contributed by atoms with Crippen LogP contribution >= 0.6 is 0 Å². The van der Waals surface area contributed by atoms with Crippen molar-refractivity contribution in [1.29, 1.82) is 0 Å². The number of nitrogens with two attached hydrogens (primary N) is 1. The highest BCUT2D eigenvalue weighted by Gasteiger charge is 1.83. The van der Waals surface area contributed by atoms with Gasteiger partial charge in [-0.25, -0.2) is 11.0 Å². The average molecular weight is 120 g/mol. The van der Waals surface area contributed by atoms with Crippen molar-refractivity contribution in [2.45, 2.75) is 0 Å². The first-order chi connectivity index (χ1) is 3.91. The van der Waals surface area contributed by atoms with Crippen LogP contribution in [0.15, 0.2) is 0 Å². The molecular weight excluding hydrogens is 110 g/mol. The quantitative estimate of drug-likeness (QED) is 0.386. The van der Waals surface area contributed by atoms with Crippen LogP contribution in [-0.2, 0) is 14.7 Å². The van der Waals surface area contributed by atoms with E-state index in [0.717, 1.165) is 0 Å². The van der Waals surface area contributed by atoms with Crippen molar-refractivity contribution in [2.75, 3.05) is 26.4 Å². The van der Waals surface area contributed by atoms with Crippen LogP contribution in [0.5, 0.6) is 0 Å². The van der Waals surface area contributed by atoms with E-state index in [-0.39, 0.29) is 13.2 Å². The van der Waals surface area contributed by atoms with Crippen molar-refractivity contribution >= 4 is 0 Å². The molecule has 8 heavy (non-hydrogen) atoms. The maximum atomic E-state index is 9.70. The molecule has 0 aliphatic carbocycles. The summed E-state index contributed by atoms with van der Waals surface area (Å²) in [4.78, 5) is 4.16. The lowest BCUT2D eigenvalue weighted by molar-refractivity contribution is 0.0208. The minimum Gasteiger partial charge on any atom is -0.376 e. The van der Waals surface area contributed by atoms with E-state index in [1.54, 1.807) is 0 Å². The molecule has 0 aliphatic rings. The largest absolute Gasteiger partial charge is 0.376 e. The molecule has 0 aromatic carbocycles. The Hall–Kier alpha value is -0.160. The van der Waals surface area contributed by atoms with Crippen molar-refractivity contribution in [1.82, 2.24) is 0 Å². The van der Waals surface area contributed by atoms with Crippen LogP contribution in [0.25, 0.3) is 0 Å². The van der Waals surface area contributed by atoms with Crippen molar-refractivity contribution in [3.05, 3.63) is 0 Å². The lowest BCUT2D eigenvalue weighted by Crippen LogP contribution is -2.09.